The van der Waals surface area contributed by atoms with E-state index in [1.54, 1.807) is 0 Å². The molecule has 1 aliphatic rings. The average Bonchev–Trinajstić information content (AvgIpc) is 2.72. The standard InChI is InChI=1S/C24H43N5O.HI/c1-6-25-23(26-13-7-8-14-29-17-15-28(5)16-18-29)27-19-22(30)20-9-11-21(12-10-20)24(2,3)4;/h9-12,22,30H,6-8,13-19H2,1-5H3,(H2,25,26,27);1H. The van der Waals surface area contributed by atoms with Crippen LogP contribution in [-0.2, 0) is 5.41 Å². The van der Waals surface area contributed by atoms with Gasteiger partial charge in [0.05, 0.1) is 12.6 Å². The summed E-state index contributed by atoms with van der Waals surface area (Å²) in [6.07, 6.45) is 1.72. The van der Waals surface area contributed by atoms with Crippen molar-refractivity contribution in [1.29, 1.82) is 0 Å². The van der Waals surface area contributed by atoms with Crippen molar-refractivity contribution in [3.63, 3.8) is 0 Å². The zero-order chi connectivity index (χ0) is 22.0. The maximum Gasteiger partial charge on any atom is 0.191 e. The molecule has 0 radical (unpaired) electrons. The third-order valence-electron chi connectivity index (χ3n) is 5.72. The Balaban J connectivity index is 0.00000480. The lowest BCUT2D eigenvalue weighted by molar-refractivity contribution is 0.152. The maximum atomic E-state index is 10.5. The number of halogens is 1. The molecule has 1 unspecified atom stereocenters. The molecule has 0 aromatic heterocycles. The molecule has 0 aliphatic carbocycles. The number of aliphatic hydroxyl groups excluding tert-OH is 1. The minimum absolute atomic E-state index is 0. The quantitative estimate of drug-likeness (QED) is 0.193. The summed E-state index contributed by atoms with van der Waals surface area (Å²) in [7, 11) is 2.20. The van der Waals surface area contributed by atoms with Gasteiger partial charge in [-0.05, 0) is 49.9 Å². The highest BCUT2D eigenvalue weighted by atomic mass is 127. The SMILES string of the molecule is CCNC(=NCC(O)c1ccc(C(C)(C)C)cc1)NCCCCN1CCN(C)CC1.I. The van der Waals surface area contributed by atoms with Gasteiger partial charge >= 0.3 is 0 Å². The Morgan fingerprint density at radius 3 is 2.29 bits per heavy atom. The van der Waals surface area contributed by atoms with Gasteiger partial charge in [-0.2, -0.15) is 0 Å². The summed E-state index contributed by atoms with van der Waals surface area (Å²) in [4.78, 5) is 9.53. The van der Waals surface area contributed by atoms with Crippen molar-refractivity contribution in [3.05, 3.63) is 35.4 Å². The summed E-state index contributed by atoms with van der Waals surface area (Å²) < 4.78 is 0. The normalized spacial score (nSPS) is 17.2. The van der Waals surface area contributed by atoms with Gasteiger partial charge in [0, 0.05) is 39.3 Å². The van der Waals surface area contributed by atoms with Crippen LogP contribution in [0.25, 0.3) is 0 Å². The molecule has 3 N–H and O–H groups in total. The summed E-state index contributed by atoms with van der Waals surface area (Å²) in [6, 6.07) is 8.23. The smallest absolute Gasteiger partial charge is 0.191 e. The van der Waals surface area contributed by atoms with Crippen molar-refractivity contribution in [3.8, 4) is 0 Å². The first-order valence-electron chi connectivity index (χ1n) is 11.5. The van der Waals surface area contributed by atoms with Crippen LogP contribution in [0.4, 0.5) is 0 Å². The van der Waals surface area contributed by atoms with Crippen LogP contribution >= 0.6 is 24.0 Å². The van der Waals surface area contributed by atoms with Crippen LogP contribution < -0.4 is 10.6 Å². The molecule has 0 bridgehead atoms. The highest BCUT2D eigenvalue weighted by Crippen LogP contribution is 2.24. The number of unbranched alkanes of at least 4 members (excludes halogenated alkanes) is 1. The summed E-state index contributed by atoms with van der Waals surface area (Å²) in [6.45, 7) is 16.6. The molecule has 0 spiro atoms. The highest BCUT2D eigenvalue weighted by molar-refractivity contribution is 14.0. The minimum Gasteiger partial charge on any atom is -0.386 e. The zero-order valence-electron chi connectivity index (χ0n) is 20.2. The topological polar surface area (TPSA) is 63.1 Å². The molecular formula is C24H44IN5O. The van der Waals surface area contributed by atoms with Crippen molar-refractivity contribution in [2.45, 2.75) is 52.1 Å². The Labute approximate surface area is 206 Å². The molecule has 2 rings (SSSR count). The fraction of sp³-hybridized carbons (Fsp3) is 0.708. The Hall–Kier alpha value is -0.900. The molecule has 7 heteroatoms. The molecule has 1 heterocycles. The van der Waals surface area contributed by atoms with Crippen LogP contribution in [0.15, 0.2) is 29.3 Å². The van der Waals surface area contributed by atoms with Gasteiger partial charge in [0.15, 0.2) is 5.96 Å². The van der Waals surface area contributed by atoms with E-state index in [1.807, 2.05) is 12.1 Å². The lowest BCUT2D eigenvalue weighted by Gasteiger charge is -2.32. The third kappa shape index (κ3) is 10.5. The van der Waals surface area contributed by atoms with Gasteiger partial charge in [0.2, 0.25) is 0 Å². The molecule has 1 fully saturated rings. The van der Waals surface area contributed by atoms with Gasteiger partial charge < -0.3 is 25.5 Å². The van der Waals surface area contributed by atoms with E-state index in [1.165, 1.54) is 44.7 Å². The van der Waals surface area contributed by atoms with Crippen molar-refractivity contribution in [2.75, 3.05) is 59.4 Å². The highest BCUT2D eigenvalue weighted by Gasteiger charge is 2.15. The number of benzene rings is 1. The molecule has 6 nitrogen and oxygen atoms in total. The third-order valence-corrected chi connectivity index (χ3v) is 5.72. The van der Waals surface area contributed by atoms with Crippen LogP contribution in [0.3, 0.4) is 0 Å². The molecule has 1 atom stereocenters. The Kier molecular flexibility index (Phi) is 13.0. The summed E-state index contributed by atoms with van der Waals surface area (Å²) in [5.41, 5.74) is 2.30. The number of piperazine rings is 1. The molecule has 0 saturated carbocycles. The molecule has 0 amide bonds. The maximum absolute atomic E-state index is 10.5. The molecule has 1 aromatic carbocycles. The molecule has 178 valence electrons. The van der Waals surface area contributed by atoms with Crippen molar-refractivity contribution in [2.24, 2.45) is 4.99 Å². The van der Waals surface area contributed by atoms with E-state index in [-0.39, 0.29) is 29.4 Å². The van der Waals surface area contributed by atoms with E-state index in [2.05, 4.69) is 72.3 Å². The van der Waals surface area contributed by atoms with E-state index in [0.29, 0.717) is 6.54 Å². The summed E-state index contributed by atoms with van der Waals surface area (Å²) in [5, 5.41) is 17.2. The van der Waals surface area contributed by atoms with Gasteiger partial charge in [-0.25, -0.2) is 0 Å². The first-order chi connectivity index (χ1) is 14.3. The lowest BCUT2D eigenvalue weighted by atomic mass is 9.86. The Bertz CT molecular complexity index is 636. The average molecular weight is 546 g/mol. The van der Waals surface area contributed by atoms with Gasteiger partial charge in [0.1, 0.15) is 0 Å². The molecule has 31 heavy (non-hydrogen) atoms. The largest absolute Gasteiger partial charge is 0.386 e. The molecule has 1 aromatic rings. The number of hydrogen-bond donors (Lipinski definition) is 3. The second-order valence-electron chi connectivity index (χ2n) is 9.39. The number of aliphatic imine (C=N–C) groups is 1. The number of hydrogen-bond acceptors (Lipinski definition) is 4. The number of nitrogens with one attached hydrogen (secondary N) is 2. The van der Waals surface area contributed by atoms with Gasteiger partial charge in [0.25, 0.3) is 0 Å². The Morgan fingerprint density at radius 2 is 1.71 bits per heavy atom. The van der Waals surface area contributed by atoms with E-state index in [4.69, 9.17) is 0 Å². The second-order valence-corrected chi connectivity index (χ2v) is 9.39. The van der Waals surface area contributed by atoms with Crippen LogP contribution in [0.2, 0.25) is 0 Å². The first kappa shape index (κ1) is 28.1. The van der Waals surface area contributed by atoms with E-state index < -0.39 is 6.10 Å². The number of guanidine groups is 1. The van der Waals surface area contributed by atoms with Gasteiger partial charge in [-0.15, -0.1) is 24.0 Å². The van der Waals surface area contributed by atoms with E-state index in [0.717, 1.165) is 31.0 Å². The van der Waals surface area contributed by atoms with Crippen LogP contribution in [0.5, 0.6) is 0 Å². The van der Waals surface area contributed by atoms with Crippen molar-refractivity contribution in [1.82, 2.24) is 20.4 Å². The summed E-state index contributed by atoms with van der Waals surface area (Å²) in [5.74, 6) is 0.780. The fourth-order valence-electron chi connectivity index (χ4n) is 3.57. The van der Waals surface area contributed by atoms with Crippen molar-refractivity contribution >= 4 is 29.9 Å². The van der Waals surface area contributed by atoms with Gasteiger partial charge in [-0.1, -0.05) is 45.0 Å². The van der Waals surface area contributed by atoms with Crippen LogP contribution in [-0.4, -0.2) is 80.3 Å². The molecule has 1 aliphatic heterocycles. The minimum atomic E-state index is -0.591. The predicted molar refractivity (Wildman–Crippen MR) is 143 cm³/mol. The number of rotatable bonds is 9. The van der Waals surface area contributed by atoms with E-state index >= 15 is 0 Å². The lowest BCUT2D eigenvalue weighted by Crippen LogP contribution is -2.44. The zero-order valence-corrected chi connectivity index (χ0v) is 22.5. The fourth-order valence-corrected chi connectivity index (χ4v) is 3.57. The first-order valence-corrected chi connectivity index (χ1v) is 11.5. The summed E-state index contributed by atoms with van der Waals surface area (Å²) >= 11 is 0. The van der Waals surface area contributed by atoms with E-state index in [9.17, 15) is 5.11 Å². The monoisotopic (exact) mass is 545 g/mol. The molecular weight excluding hydrogens is 501 g/mol. The second kappa shape index (κ2) is 14.3. The number of likely N-dealkylation sites (N-methyl/N-ethyl adjacent to an activating group) is 1. The van der Waals surface area contributed by atoms with Crippen molar-refractivity contribution < 1.29 is 5.11 Å². The van der Waals surface area contributed by atoms with Gasteiger partial charge in [-0.3, -0.25) is 4.99 Å². The Morgan fingerprint density at radius 1 is 1.06 bits per heavy atom. The van der Waals surface area contributed by atoms with Crippen LogP contribution in [0.1, 0.15) is 57.8 Å². The predicted octanol–water partition coefficient (Wildman–Crippen LogP) is 3.22. The number of nitrogens with zero attached hydrogens (tertiary/aromatic N) is 3. The van der Waals surface area contributed by atoms with Crippen LogP contribution in [0, 0.1) is 0 Å². The molecule has 1 saturated heterocycles. The number of aliphatic hydroxyl groups is 1.